The quantitative estimate of drug-likeness (QED) is 0.708. The number of hydrogen-bond donors (Lipinski definition) is 3. The van der Waals surface area contributed by atoms with Gasteiger partial charge in [-0.3, -0.25) is 4.57 Å². The molecule has 2 aromatic heterocycles. The molecule has 0 aliphatic rings. The first-order valence-corrected chi connectivity index (χ1v) is 6.44. The molecule has 20 heavy (non-hydrogen) atoms. The van der Waals surface area contributed by atoms with Gasteiger partial charge in [0.1, 0.15) is 6.33 Å². The number of aliphatic hydroxyl groups is 1. The van der Waals surface area contributed by atoms with Crippen LogP contribution in [0, 0.1) is 5.92 Å². The zero-order valence-corrected chi connectivity index (χ0v) is 11.8. The smallest absolute Gasteiger partial charge is 0.241 e. The molecule has 0 saturated carbocycles. The maximum Gasteiger partial charge on any atom is 0.241 e. The van der Waals surface area contributed by atoms with Crippen molar-refractivity contribution in [2.75, 3.05) is 24.2 Å². The summed E-state index contributed by atoms with van der Waals surface area (Å²) in [5.74, 6) is 1.49. The number of rotatable bonds is 6. The van der Waals surface area contributed by atoms with E-state index in [2.05, 4.69) is 30.6 Å². The Bertz CT molecular complexity index is 541. The van der Waals surface area contributed by atoms with Gasteiger partial charge in [-0.05, 0) is 5.92 Å². The van der Waals surface area contributed by atoms with E-state index < -0.39 is 6.10 Å². The van der Waals surface area contributed by atoms with E-state index in [-0.39, 0.29) is 5.92 Å². The molecule has 1 atom stereocenters. The lowest BCUT2D eigenvalue weighted by molar-refractivity contribution is 0.137. The van der Waals surface area contributed by atoms with E-state index in [0.717, 1.165) is 0 Å². The van der Waals surface area contributed by atoms with Crippen molar-refractivity contribution in [1.29, 1.82) is 0 Å². The average Bonchev–Trinajstić information content (AvgIpc) is 2.98. The second kappa shape index (κ2) is 6.29. The molecule has 0 bridgehead atoms. The molecule has 0 radical (unpaired) electrons. The molecule has 8 heteroatoms. The highest BCUT2D eigenvalue weighted by atomic mass is 16.3. The second-order valence-corrected chi connectivity index (χ2v) is 4.69. The molecule has 0 amide bonds. The van der Waals surface area contributed by atoms with Crippen LogP contribution in [0.2, 0.25) is 0 Å². The highest BCUT2D eigenvalue weighted by Gasteiger charge is 2.11. The van der Waals surface area contributed by atoms with Crippen LogP contribution in [-0.2, 0) is 0 Å². The lowest BCUT2D eigenvalue weighted by atomic mass is 10.1. The Labute approximate surface area is 117 Å². The lowest BCUT2D eigenvalue weighted by Crippen LogP contribution is -2.26. The summed E-state index contributed by atoms with van der Waals surface area (Å²) in [6, 6.07) is 0. The minimum atomic E-state index is -0.457. The van der Waals surface area contributed by atoms with Gasteiger partial charge in [-0.2, -0.15) is 15.0 Å². The maximum absolute atomic E-state index is 9.80. The maximum atomic E-state index is 9.80. The van der Waals surface area contributed by atoms with Crippen LogP contribution in [0.3, 0.4) is 0 Å². The van der Waals surface area contributed by atoms with Gasteiger partial charge in [-0.1, -0.05) is 13.8 Å². The first kappa shape index (κ1) is 14.2. The molecular formula is C12H19N7O. The second-order valence-electron chi connectivity index (χ2n) is 4.69. The van der Waals surface area contributed by atoms with Crippen LogP contribution in [-0.4, -0.2) is 49.3 Å². The van der Waals surface area contributed by atoms with Crippen LogP contribution in [0.1, 0.15) is 13.8 Å². The fourth-order valence-electron chi connectivity index (χ4n) is 1.48. The van der Waals surface area contributed by atoms with Crippen molar-refractivity contribution in [3.63, 3.8) is 0 Å². The van der Waals surface area contributed by atoms with Gasteiger partial charge in [0.05, 0.1) is 6.10 Å². The van der Waals surface area contributed by atoms with Crippen molar-refractivity contribution in [1.82, 2.24) is 24.5 Å². The van der Waals surface area contributed by atoms with Crippen LogP contribution in [0.15, 0.2) is 18.7 Å². The number of nitrogens with one attached hydrogen (secondary N) is 2. The number of imidazole rings is 1. The molecule has 8 nitrogen and oxygen atoms in total. The highest BCUT2D eigenvalue weighted by Crippen LogP contribution is 2.09. The van der Waals surface area contributed by atoms with E-state index in [1.807, 2.05) is 13.8 Å². The van der Waals surface area contributed by atoms with Crippen LogP contribution < -0.4 is 10.6 Å². The van der Waals surface area contributed by atoms with E-state index in [1.165, 1.54) is 0 Å². The predicted octanol–water partition coefficient (Wildman–Crippen LogP) is 0.528. The van der Waals surface area contributed by atoms with Crippen LogP contribution in [0.25, 0.3) is 5.95 Å². The summed E-state index contributed by atoms with van der Waals surface area (Å²) in [6.07, 6.45) is 4.56. The zero-order valence-electron chi connectivity index (χ0n) is 11.8. The monoisotopic (exact) mass is 277 g/mol. The third kappa shape index (κ3) is 3.41. The number of anilines is 2. The lowest BCUT2D eigenvalue weighted by Gasteiger charge is -2.15. The summed E-state index contributed by atoms with van der Waals surface area (Å²) in [5.41, 5.74) is 0. The van der Waals surface area contributed by atoms with Crippen molar-refractivity contribution >= 4 is 11.9 Å². The van der Waals surface area contributed by atoms with Crippen LogP contribution in [0.4, 0.5) is 11.9 Å². The van der Waals surface area contributed by atoms with Gasteiger partial charge in [-0.15, -0.1) is 0 Å². The molecule has 2 rings (SSSR count). The summed E-state index contributed by atoms with van der Waals surface area (Å²) in [4.78, 5) is 16.7. The Hall–Kier alpha value is -2.22. The molecular weight excluding hydrogens is 258 g/mol. The molecule has 0 fully saturated rings. The summed E-state index contributed by atoms with van der Waals surface area (Å²) >= 11 is 0. The zero-order chi connectivity index (χ0) is 14.5. The molecule has 0 aliphatic carbocycles. The Morgan fingerprint density at radius 3 is 2.60 bits per heavy atom. The molecule has 0 spiro atoms. The third-order valence-corrected chi connectivity index (χ3v) is 2.82. The van der Waals surface area contributed by atoms with Crippen molar-refractivity contribution in [2.45, 2.75) is 20.0 Å². The van der Waals surface area contributed by atoms with Crippen molar-refractivity contribution in [2.24, 2.45) is 5.92 Å². The van der Waals surface area contributed by atoms with E-state index >= 15 is 0 Å². The molecule has 2 aromatic rings. The van der Waals surface area contributed by atoms with Crippen molar-refractivity contribution < 1.29 is 5.11 Å². The average molecular weight is 277 g/mol. The number of hydrogen-bond acceptors (Lipinski definition) is 7. The summed E-state index contributed by atoms with van der Waals surface area (Å²) in [6.45, 7) is 4.29. The van der Waals surface area contributed by atoms with Crippen LogP contribution >= 0.6 is 0 Å². The van der Waals surface area contributed by atoms with E-state index in [9.17, 15) is 5.11 Å². The number of nitrogens with zero attached hydrogens (tertiary/aromatic N) is 5. The van der Waals surface area contributed by atoms with Gasteiger partial charge in [0.2, 0.25) is 17.8 Å². The Balaban J connectivity index is 2.18. The van der Waals surface area contributed by atoms with Gasteiger partial charge in [0.15, 0.2) is 0 Å². The highest BCUT2D eigenvalue weighted by molar-refractivity contribution is 5.37. The van der Waals surface area contributed by atoms with Gasteiger partial charge in [0.25, 0.3) is 0 Å². The third-order valence-electron chi connectivity index (χ3n) is 2.82. The molecule has 3 N–H and O–H groups in total. The standard InChI is InChI=1S/C12H19N7O/c1-8(2)9(20)6-15-11-16-10(13-3)17-12(18-11)19-5-4-14-7-19/h4-5,7-9,20H,6H2,1-3H3,(H2,13,15,16,17,18). The molecule has 0 aliphatic heterocycles. The minimum Gasteiger partial charge on any atom is -0.391 e. The fourth-order valence-corrected chi connectivity index (χ4v) is 1.48. The Morgan fingerprint density at radius 1 is 1.25 bits per heavy atom. The van der Waals surface area contributed by atoms with Crippen molar-refractivity contribution in [3.05, 3.63) is 18.7 Å². The van der Waals surface area contributed by atoms with E-state index in [4.69, 9.17) is 0 Å². The predicted molar refractivity (Wildman–Crippen MR) is 75.8 cm³/mol. The van der Waals surface area contributed by atoms with E-state index in [1.54, 1.807) is 30.3 Å². The van der Waals surface area contributed by atoms with Gasteiger partial charge < -0.3 is 15.7 Å². The fraction of sp³-hybridized carbons (Fsp3) is 0.500. The molecule has 0 aromatic carbocycles. The molecule has 0 saturated heterocycles. The normalized spacial score (nSPS) is 12.4. The largest absolute Gasteiger partial charge is 0.391 e. The number of aromatic nitrogens is 5. The Morgan fingerprint density at radius 2 is 2.00 bits per heavy atom. The minimum absolute atomic E-state index is 0.168. The molecule has 1 unspecified atom stereocenters. The van der Waals surface area contributed by atoms with Crippen LogP contribution in [0.5, 0.6) is 0 Å². The first-order chi connectivity index (χ1) is 9.60. The molecule has 2 heterocycles. The van der Waals surface area contributed by atoms with Gasteiger partial charge >= 0.3 is 0 Å². The van der Waals surface area contributed by atoms with E-state index in [0.29, 0.717) is 24.4 Å². The Kier molecular flexibility index (Phi) is 4.46. The van der Waals surface area contributed by atoms with Gasteiger partial charge in [0, 0.05) is 26.0 Å². The number of aliphatic hydroxyl groups excluding tert-OH is 1. The first-order valence-electron chi connectivity index (χ1n) is 6.44. The topological polar surface area (TPSA) is 101 Å². The summed E-state index contributed by atoms with van der Waals surface area (Å²) in [5, 5.41) is 15.7. The molecule has 108 valence electrons. The van der Waals surface area contributed by atoms with Gasteiger partial charge in [-0.25, -0.2) is 4.98 Å². The summed E-state index contributed by atoms with van der Waals surface area (Å²) in [7, 11) is 1.74. The SMILES string of the molecule is CNc1nc(NCC(O)C(C)C)nc(-n2ccnc2)n1. The summed E-state index contributed by atoms with van der Waals surface area (Å²) < 4.78 is 1.69. The van der Waals surface area contributed by atoms with Crippen molar-refractivity contribution in [3.8, 4) is 5.95 Å².